The Kier molecular flexibility index (Phi) is 7.81. The minimum absolute atomic E-state index is 0.0670. The van der Waals surface area contributed by atoms with Crippen LogP contribution in [0.25, 0.3) is 33.2 Å². The third-order valence-electron chi connectivity index (χ3n) is 6.04. The summed E-state index contributed by atoms with van der Waals surface area (Å²) in [5.41, 5.74) is 1.59. The van der Waals surface area contributed by atoms with Gasteiger partial charge in [0.05, 0.1) is 12.6 Å². The molecule has 0 N–H and O–H groups in total. The van der Waals surface area contributed by atoms with Crippen molar-refractivity contribution in [3.63, 3.8) is 0 Å². The van der Waals surface area contributed by atoms with Crippen LogP contribution in [0.3, 0.4) is 0 Å². The Morgan fingerprint density at radius 1 is 0.810 bits per heavy atom. The van der Waals surface area contributed by atoms with E-state index in [4.69, 9.17) is 16.3 Å². The number of nitrogens with zero attached hydrogens (tertiary/aromatic N) is 2. The molecule has 0 spiro atoms. The Morgan fingerprint density at radius 3 is 2.12 bits per heavy atom. The van der Waals surface area contributed by atoms with E-state index in [9.17, 15) is 34.8 Å². The lowest BCUT2D eigenvalue weighted by atomic mass is 9.97. The lowest BCUT2D eigenvalue weighted by Gasteiger charge is -2.16. The van der Waals surface area contributed by atoms with Gasteiger partial charge in [0.2, 0.25) is 34.8 Å². The van der Waals surface area contributed by atoms with Gasteiger partial charge < -0.3 is 8.92 Å². The van der Waals surface area contributed by atoms with Gasteiger partial charge in [0.1, 0.15) is 21.1 Å². The largest absolute Gasteiger partial charge is 0.496 e. The standard InChI is InChI=1S/C27H12BrClF6N2O4S/c1-40-19-10-15(11-3-2-4-12(30)7-11)17(29)9-16(19)20-14-6-5-13(8-18(14)36-37-27(20)28)42(38,39)41-26-24(34)22(32)21(31)23(33)25(26)35/h2-10H,1H3. The number of aromatic nitrogens is 2. The summed E-state index contributed by atoms with van der Waals surface area (Å²) in [4.78, 5) is -0.729. The van der Waals surface area contributed by atoms with Gasteiger partial charge in [0, 0.05) is 27.1 Å². The van der Waals surface area contributed by atoms with Crippen molar-refractivity contribution in [3.05, 3.63) is 99.1 Å². The molecule has 0 atom stereocenters. The second-order valence-electron chi connectivity index (χ2n) is 8.52. The minimum Gasteiger partial charge on any atom is -0.496 e. The van der Waals surface area contributed by atoms with E-state index in [1.807, 2.05) is 0 Å². The van der Waals surface area contributed by atoms with Crippen LogP contribution in [0.2, 0.25) is 5.02 Å². The van der Waals surface area contributed by atoms with Gasteiger partial charge >= 0.3 is 10.1 Å². The topological polar surface area (TPSA) is 78.4 Å². The number of hydrogen-bond donors (Lipinski definition) is 0. The molecule has 0 saturated carbocycles. The first-order valence-electron chi connectivity index (χ1n) is 11.4. The quantitative estimate of drug-likeness (QED) is 0.0779. The molecular formula is C27H12BrClF6N2O4S. The van der Waals surface area contributed by atoms with Gasteiger partial charge in [-0.25, -0.2) is 17.6 Å². The molecule has 6 nitrogen and oxygen atoms in total. The van der Waals surface area contributed by atoms with Crippen molar-refractivity contribution in [3.8, 4) is 33.8 Å². The van der Waals surface area contributed by atoms with Crippen LogP contribution < -0.4 is 8.92 Å². The molecule has 1 heterocycles. The second-order valence-corrected chi connectivity index (χ2v) is 11.2. The van der Waals surface area contributed by atoms with Crippen LogP contribution in [0.1, 0.15) is 0 Å². The maximum absolute atomic E-state index is 14.1. The Labute approximate surface area is 246 Å². The van der Waals surface area contributed by atoms with E-state index in [1.54, 1.807) is 12.1 Å². The maximum atomic E-state index is 14.1. The summed E-state index contributed by atoms with van der Waals surface area (Å²) >= 11 is 9.86. The first-order chi connectivity index (χ1) is 19.8. The predicted octanol–water partition coefficient (Wildman–Crippen LogP) is 7.99. The molecule has 0 fully saturated rings. The lowest BCUT2D eigenvalue weighted by Crippen LogP contribution is -2.14. The molecule has 0 radical (unpaired) electrons. The van der Waals surface area contributed by atoms with Crippen LogP contribution in [-0.4, -0.2) is 25.7 Å². The maximum Gasteiger partial charge on any atom is 0.339 e. The summed E-state index contributed by atoms with van der Waals surface area (Å²) in [6, 6.07) is 12.0. The zero-order valence-corrected chi connectivity index (χ0v) is 23.8. The molecule has 15 heteroatoms. The van der Waals surface area contributed by atoms with Crippen LogP contribution in [-0.2, 0) is 10.1 Å². The van der Waals surface area contributed by atoms with Gasteiger partial charge in [-0.05, 0) is 57.9 Å². The molecule has 42 heavy (non-hydrogen) atoms. The average Bonchev–Trinajstić information content (AvgIpc) is 2.97. The van der Waals surface area contributed by atoms with Crippen LogP contribution in [0.15, 0.2) is 64.1 Å². The molecule has 0 bridgehead atoms. The van der Waals surface area contributed by atoms with Gasteiger partial charge in [-0.2, -0.15) is 17.2 Å². The fourth-order valence-electron chi connectivity index (χ4n) is 4.09. The van der Waals surface area contributed by atoms with Crippen LogP contribution >= 0.6 is 27.5 Å². The number of benzene rings is 4. The number of ether oxygens (including phenoxy) is 1. The molecule has 0 aliphatic heterocycles. The van der Waals surface area contributed by atoms with Crippen LogP contribution in [0.4, 0.5) is 26.3 Å². The van der Waals surface area contributed by atoms with Crippen molar-refractivity contribution in [2.45, 2.75) is 4.90 Å². The van der Waals surface area contributed by atoms with Crippen LogP contribution in [0.5, 0.6) is 11.5 Å². The fraction of sp³-hybridized carbons (Fsp3) is 0.0370. The fourth-order valence-corrected chi connectivity index (χ4v) is 5.82. The third kappa shape index (κ3) is 5.14. The first kappa shape index (κ1) is 29.6. The summed E-state index contributed by atoms with van der Waals surface area (Å²) in [5.74, 6) is -14.4. The average molecular weight is 690 g/mol. The predicted molar refractivity (Wildman–Crippen MR) is 144 cm³/mol. The molecule has 0 aliphatic rings. The number of fused-ring (bicyclic) bond motifs is 1. The van der Waals surface area contributed by atoms with Gasteiger partial charge in [-0.15, -0.1) is 10.2 Å². The Hall–Kier alpha value is -3.88. The zero-order chi connectivity index (χ0) is 30.5. The van der Waals surface area contributed by atoms with Crippen molar-refractivity contribution in [2.24, 2.45) is 0 Å². The second kappa shape index (κ2) is 11.1. The number of halogens is 8. The van der Waals surface area contributed by atoms with E-state index in [-0.39, 0.29) is 20.9 Å². The number of methoxy groups -OCH3 is 1. The lowest BCUT2D eigenvalue weighted by molar-refractivity contribution is 0.346. The van der Waals surface area contributed by atoms with Gasteiger partial charge in [-0.1, -0.05) is 29.8 Å². The molecule has 0 saturated heterocycles. The molecule has 5 aromatic rings. The SMILES string of the molecule is COc1cc(-c2cccc(F)c2)c(Cl)cc1-c1c(Br)nnc2cc(S(=O)(=O)Oc3c(F)c(F)c(F)c(F)c3F)ccc12. The molecule has 1 aromatic heterocycles. The summed E-state index contributed by atoms with van der Waals surface area (Å²) in [6.45, 7) is 0. The van der Waals surface area contributed by atoms with E-state index in [0.717, 1.165) is 12.1 Å². The molecule has 216 valence electrons. The van der Waals surface area contributed by atoms with E-state index < -0.39 is 55.7 Å². The van der Waals surface area contributed by atoms with Crippen molar-refractivity contribution >= 4 is 48.6 Å². The third-order valence-corrected chi connectivity index (χ3v) is 8.12. The van der Waals surface area contributed by atoms with E-state index >= 15 is 0 Å². The Bertz CT molecular complexity index is 2000. The van der Waals surface area contributed by atoms with E-state index in [1.165, 1.54) is 37.4 Å². The molecule has 0 aliphatic carbocycles. The number of rotatable bonds is 6. The molecule has 0 unspecified atom stereocenters. The highest BCUT2D eigenvalue weighted by Gasteiger charge is 2.31. The highest BCUT2D eigenvalue weighted by atomic mass is 79.9. The van der Waals surface area contributed by atoms with Gasteiger partial charge in [0.15, 0.2) is 0 Å². The molecule has 4 aromatic carbocycles. The molecule has 5 rings (SSSR count). The van der Waals surface area contributed by atoms with Crippen molar-refractivity contribution in [1.29, 1.82) is 0 Å². The smallest absolute Gasteiger partial charge is 0.339 e. The summed E-state index contributed by atoms with van der Waals surface area (Å²) < 4.78 is 118. The first-order valence-corrected chi connectivity index (χ1v) is 14.0. The highest BCUT2D eigenvalue weighted by molar-refractivity contribution is 9.10. The van der Waals surface area contributed by atoms with Gasteiger partial charge in [-0.3, -0.25) is 0 Å². The van der Waals surface area contributed by atoms with E-state index in [2.05, 4.69) is 30.3 Å². The highest BCUT2D eigenvalue weighted by Crippen LogP contribution is 2.44. The Balaban J connectivity index is 1.62. The monoisotopic (exact) mass is 688 g/mol. The zero-order valence-electron chi connectivity index (χ0n) is 20.7. The van der Waals surface area contributed by atoms with Crippen molar-refractivity contribution in [1.82, 2.24) is 10.2 Å². The number of hydrogen-bond acceptors (Lipinski definition) is 6. The normalized spacial score (nSPS) is 11.6. The minimum atomic E-state index is -5.13. The van der Waals surface area contributed by atoms with Gasteiger partial charge in [0.25, 0.3) is 0 Å². The summed E-state index contributed by atoms with van der Waals surface area (Å²) in [5, 5.41) is 8.40. The molecule has 0 amide bonds. The summed E-state index contributed by atoms with van der Waals surface area (Å²) in [6.07, 6.45) is 0. The van der Waals surface area contributed by atoms with Crippen molar-refractivity contribution in [2.75, 3.05) is 7.11 Å². The Morgan fingerprint density at radius 2 is 1.48 bits per heavy atom. The van der Waals surface area contributed by atoms with Crippen LogP contribution in [0, 0.1) is 34.9 Å². The van der Waals surface area contributed by atoms with E-state index in [0.29, 0.717) is 27.6 Å². The van der Waals surface area contributed by atoms with Crippen molar-refractivity contribution < 1.29 is 43.7 Å². The molecular weight excluding hydrogens is 678 g/mol. The summed E-state index contributed by atoms with van der Waals surface area (Å²) in [7, 11) is -3.75.